The van der Waals surface area contributed by atoms with Gasteiger partial charge in [-0.15, -0.1) is 0 Å². The number of carbonyl (C=O) groups is 1. The van der Waals surface area contributed by atoms with E-state index >= 15 is 0 Å². The number of hydrogen-bond donors (Lipinski definition) is 1. The Morgan fingerprint density at radius 3 is 2.50 bits per heavy atom. The summed E-state index contributed by atoms with van der Waals surface area (Å²) in [5.74, 6) is 0.785. The molecule has 5 nitrogen and oxygen atoms in total. The Morgan fingerprint density at radius 2 is 2.00 bits per heavy atom. The van der Waals surface area contributed by atoms with Gasteiger partial charge in [0.2, 0.25) is 11.9 Å². The van der Waals surface area contributed by atoms with Crippen molar-refractivity contribution in [2.45, 2.75) is 26.3 Å². The smallest absolute Gasteiger partial charge is 0.224 e. The van der Waals surface area contributed by atoms with Gasteiger partial charge in [-0.1, -0.05) is 0 Å². The van der Waals surface area contributed by atoms with Gasteiger partial charge in [-0.05, 0) is 19.9 Å². The van der Waals surface area contributed by atoms with Gasteiger partial charge in [0.05, 0.1) is 6.04 Å². The minimum absolute atomic E-state index is 0.124. The van der Waals surface area contributed by atoms with Crippen LogP contribution >= 0.6 is 0 Å². The number of amides is 1. The molecule has 1 aliphatic heterocycles. The first kappa shape index (κ1) is 10.9. The van der Waals surface area contributed by atoms with Crippen LogP contribution in [0.25, 0.3) is 0 Å². The van der Waals surface area contributed by atoms with Crippen LogP contribution in [-0.4, -0.2) is 40.4 Å². The first-order valence-electron chi connectivity index (χ1n) is 5.37. The van der Waals surface area contributed by atoms with Gasteiger partial charge in [-0.25, -0.2) is 9.97 Å². The van der Waals surface area contributed by atoms with Gasteiger partial charge >= 0.3 is 0 Å². The molecule has 1 aromatic heterocycles. The highest BCUT2D eigenvalue weighted by Crippen LogP contribution is 2.13. The summed E-state index contributed by atoms with van der Waals surface area (Å²) in [5.41, 5.74) is 1.88. The van der Waals surface area contributed by atoms with Crippen molar-refractivity contribution in [1.82, 2.24) is 14.9 Å². The van der Waals surface area contributed by atoms with E-state index in [2.05, 4.69) is 15.3 Å². The third-order valence-corrected chi connectivity index (χ3v) is 2.66. The molecule has 1 atom stereocenters. The van der Waals surface area contributed by atoms with Gasteiger partial charge in [-0.2, -0.15) is 0 Å². The molecule has 5 heteroatoms. The highest BCUT2D eigenvalue weighted by atomic mass is 16.2. The molecular weight excluding hydrogens is 204 g/mol. The maximum atomic E-state index is 11.4. The topological polar surface area (TPSA) is 58.1 Å². The van der Waals surface area contributed by atoms with Crippen LogP contribution in [0.15, 0.2) is 6.07 Å². The number of rotatable bonds is 2. The maximum Gasteiger partial charge on any atom is 0.224 e. The summed E-state index contributed by atoms with van der Waals surface area (Å²) in [7, 11) is 1.81. The molecule has 1 aromatic rings. The lowest BCUT2D eigenvalue weighted by Gasteiger charge is -2.12. The first-order valence-corrected chi connectivity index (χ1v) is 5.37. The summed E-state index contributed by atoms with van der Waals surface area (Å²) in [5, 5.41) is 3.20. The molecule has 1 fully saturated rings. The van der Waals surface area contributed by atoms with Gasteiger partial charge in [0, 0.05) is 31.4 Å². The zero-order valence-electron chi connectivity index (χ0n) is 9.82. The zero-order chi connectivity index (χ0) is 11.7. The Hall–Kier alpha value is -1.65. The fraction of sp³-hybridized carbons (Fsp3) is 0.545. The number of likely N-dealkylation sites (tertiary alicyclic amines) is 1. The van der Waals surface area contributed by atoms with E-state index in [1.807, 2.05) is 27.0 Å². The van der Waals surface area contributed by atoms with Crippen LogP contribution in [0.2, 0.25) is 0 Å². The average Bonchev–Trinajstić information content (AvgIpc) is 2.43. The Labute approximate surface area is 94.9 Å². The van der Waals surface area contributed by atoms with Crippen LogP contribution in [0.3, 0.4) is 0 Å². The van der Waals surface area contributed by atoms with Crippen LogP contribution in [0.5, 0.6) is 0 Å². The van der Waals surface area contributed by atoms with E-state index < -0.39 is 0 Å². The zero-order valence-corrected chi connectivity index (χ0v) is 9.82. The van der Waals surface area contributed by atoms with Crippen molar-refractivity contribution in [3.05, 3.63) is 17.5 Å². The molecule has 0 radical (unpaired) electrons. The van der Waals surface area contributed by atoms with Gasteiger partial charge in [0.1, 0.15) is 0 Å². The van der Waals surface area contributed by atoms with E-state index in [-0.39, 0.29) is 11.9 Å². The quantitative estimate of drug-likeness (QED) is 0.798. The lowest BCUT2D eigenvalue weighted by atomic mass is 10.2. The van der Waals surface area contributed by atoms with Crippen molar-refractivity contribution in [2.24, 2.45) is 0 Å². The summed E-state index contributed by atoms with van der Waals surface area (Å²) < 4.78 is 0. The summed E-state index contributed by atoms with van der Waals surface area (Å²) in [6.45, 7) is 4.59. The fourth-order valence-corrected chi connectivity index (χ4v) is 1.93. The predicted molar refractivity (Wildman–Crippen MR) is 61.2 cm³/mol. The molecule has 2 heterocycles. The minimum atomic E-state index is 0.124. The van der Waals surface area contributed by atoms with E-state index in [0.717, 1.165) is 17.9 Å². The fourth-order valence-electron chi connectivity index (χ4n) is 1.93. The summed E-state index contributed by atoms with van der Waals surface area (Å²) >= 11 is 0. The van der Waals surface area contributed by atoms with Crippen LogP contribution in [0.4, 0.5) is 5.95 Å². The van der Waals surface area contributed by atoms with Gasteiger partial charge < -0.3 is 10.2 Å². The van der Waals surface area contributed by atoms with Crippen molar-refractivity contribution < 1.29 is 4.79 Å². The molecule has 16 heavy (non-hydrogen) atoms. The molecule has 0 bridgehead atoms. The Morgan fingerprint density at radius 1 is 1.38 bits per heavy atom. The predicted octanol–water partition coefficient (Wildman–Crippen LogP) is 0.736. The lowest BCUT2D eigenvalue weighted by Crippen LogP contribution is -2.25. The largest absolute Gasteiger partial charge is 0.349 e. The number of likely N-dealkylation sites (N-methyl/N-ethyl adjacent to an activating group) is 1. The number of nitrogens with zero attached hydrogens (tertiary/aromatic N) is 3. The first-order chi connectivity index (χ1) is 7.54. The SMILES string of the molecule is Cc1cc(C)nc(N[C@H]2CC(=O)N(C)C2)n1. The van der Waals surface area contributed by atoms with Crippen LogP contribution < -0.4 is 5.32 Å². The standard InChI is InChI=1S/C11H16N4O/c1-7-4-8(2)13-11(12-7)14-9-5-10(16)15(3)6-9/h4,9H,5-6H2,1-3H3,(H,12,13,14)/t9-/m0/s1. The molecule has 1 amide bonds. The molecule has 1 N–H and O–H groups in total. The van der Waals surface area contributed by atoms with E-state index in [4.69, 9.17) is 0 Å². The normalized spacial score (nSPS) is 20.3. The van der Waals surface area contributed by atoms with E-state index in [0.29, 0.717) is 12.4 Å². The maximum absolute atomic E-state index is 11.4. The Balaban J connectivity index is 2.07. The van der Waals surface area contributed by atoms with Crippen molar-refractivity contribution >= 4 is 11.9 Å². The van der Waals surface area contributed by atoms with Gasteiger partial charge in [0.25, 0.3) is 0 Å². The molecular formula is C11H16N4O. The van der Waals surface area contributed by atoms with Gasteiger partial charge in [-0.3, -0.25) is 4.79 Å². The molecule has 0 aliphatic carbocycles. The third kappa shape index (κ3) is 2.29. The van der Waals surface area contributed by atoms with Crippen LogP contribution in [-0.2, 0) is 4.79 Å². The summed E-state index contributed by atoms with van der Waals surface area (Å²) in [6, 6.07) is 2.05. The van der Waals surface area contributed by atoms with Crippen molar-refractivity contribution in [2.75, 3.05) is 18.9 Å². The van der Waals surface area contributed by atoms with Crippen molar-refractivity contribution in [3.8, 4) is 0 Å². The highest BCUT2D eigenvalue weighted by molar-refractivity contribution is 5.79. The van der Waals surface area contributed by atoms with E-state index in [1.54, 1.807) is 4.90 Å². The van der Waals surface area contributed by atoms with E-state index in [1.165, 1.54) is 0 Å². The number of aryl methyl sites for hydroxylation is 2. The van der Waals surface area contributed by atoms with Crippen molar-refractivity contribution in [1.29, 1.82) is 0 Å². The number of aromatic nitrogens is 2. The second-order valence-electron chi connectivity index (χ2n) is 4.29. The van der Waals surface area contributed by atoms with Crippen LogP contribution in [0, 0.1) is 13.8 Å². The molecule has 0 aromatic carbocycles. The molecule has 1 saturated heterocycles. The molecule has 0 spiro atoms. The Kier molecular flexibility index (Phi) is 2.77. The third-order valence-electron chi connectivity index (χ3n) is 2.66. The monoisotopic (exact) mass is 220 g/mol. The number of nitrogens with one attached hydrogen (secondary N) is 1. The molecule has 0 unspecified atom stereocenters. The van der Waals surface area contributed by atoms with Crippen LogP contribution in [0.1, 0.15) is 17.8 Å². The average molecular weight is 220 g/mol. The minimum Gasteiger partial charge on any atom is -0.349 e. The second-order valence-corrected chi connectivity index (χ2v) is 4.29. The summed E-state index contributed by atoms with van der Waals surface area (Å²) in [4.78, 5) is 21.7. The molecule has 0 saturated carbocycles. The lowest BCUT2D eigenvalue weighted by molar-refractivity contribution is -0.126. The Bertz CT molecular complexity index is 398. The number of carbonyl (C=O) groups excluding carboxylic acids is 1. The molecule has 1 aliphatic rings. The van der Waals surface area contributed by atoms with E-state index in [9.17, 15) is 4.79 Å². The molecule has 86 valence electrons. The van der Waals surface area contributed by atoms with Gasteiger partial charge in [0.15, 0.2) is 0 Å². The second kappa shape index (κ2) is 4.08. The van der Waals surface area contributed by atoms with Crippen molar-refractivity contribution in [3.63, 3.8) is 0 Å². The summed E-state index contributed by atoms with van der Waals surface area (Å²) in [6.07, 6.45) is 0.521. The number of hydrogen-bond acceptors (Lipinski definition) is 4. The number of anilines is 1. The highest BCUT2D eigenvalue weighted by Gasteiger charge is 2.27. The molecule has 2 rings (SSSR count).